The van der Waals surface area contributed by atoms with Gasteiger partial charge in [0, 0.05) is 30.0 Å². The van der Waals surface area contributed by atoms with Crippen LogP contribution in [-0.2, 0) is 16.1 Å². The molecule has 176 valence electrons. The van der Waals surface area contributed by atoms with Crippen LogP contribution >= 0.6 is 0 Å². The summed E-state index contributed by atoms with van der Waals surface area (Å²) in [5, 5.41) is 3.06. The van der Waals surface area contributed by atoms with E-state index in [4.69, 9.17) is 4.74 Å². The third-order valence-electron chi connectivity index (χ3n) is 5.18. The molecule has 0 aliphatic rings. The number of methoxy groups -OCH3 is 1. The molecule has 3 aromatic rings. The van der Waals surface area contributed by atoms with Crippen molar-refractivity contribution in [3.63, 3.8) is 0 Å². The minimum atomic E-state index is -0.895. The van der Waals surface area contributed by atoms with Gasteiger partial charge in [-0.3, -0.25) is 9.59 Å². The van der Waals surface area contributed by atoms with Crippen molar-refractivity contribution in [1.82, 2.24) is 14.8 Å². The van der Waals surface area contributed by atoms with Gasteiger partial charge in [0.1, 0.15) is 11.8 Å². The number of ether oxygens (including phenoxy) is 1. The summed E-state index contributed by atoms with van der Waals surface area (Å²) in [5.41, 5.74) is 1.90. The first kappa shape index (κ1) is 24.7. The first-order valence-electron chi connectivity index (χ1n) is 11.1. The Hall–Kier alpha value is -3.98. The van der Waals surface area contributed by atoms with Crippen molar-refractivity contribution < 1.29 is 14.3 Å². The highest BCUT2D eigenvalue weighted by atomic mass is 16.5. The van der Waals surface area contributed by atoms with Gasteiger partial charge >= 0.3 is 0 Å². The molecule has 1 N–H and O–H groups in total. The summed E-state index contributed by atoms with van der Waals surface area (Å²) in [7, 11) is 1.60. The number of hydrogen-bond donors (Lipinski definition) is 1. The van der Waals surface area contributed by atoms with Crippen molar-refractivity contribution in [1.29, 1.82) is 0 Å². The maximum atomic E-state index is 13.7. The average molecular weight is 458 g/mol. The molecule has 0 bridgehead atoms. The molecule has 1 aromatic heterocycles. The highest BCUT2D eigenvalue weighted by Gasteiger charge is 2.34. The van der Waals surface area contributed by atoms with Crippen LogP contribution in [0.25, 0.3) is 5.69 Å². The monoisotopic (exact) mass is 457 g/mol. The van der Waals surface area contributed by atoms with Crippen molar-refractivity contribution >= 4 is 11.8 Å². The van der Waals surface area contributed by atoms with Gasteiger partial charge in [-0.05, 0) is 69.5 Å². The Balaban J connectivity index is 2.15. The molecule has 0 fully saturated rings. The Morgan fingerprint density at radius 3 is 2.26 bits per heavy atom. The maximum Gasteiger partial charge on any atom is 0.299 e. The van der Waals surface area contributed by atoms with Gasteiger partial charge in [-0.2, -0.15) is 0 Å². The number of para-hydroxylation sites is 1. The SMILES string of the molecule is CC#CC(=O)N(Cc1ccc(OC)cc1)C(C(=O)NC(C)(C)C)c1ccccc1-n1cccc1. The van der Waals surface area contributed by atoms with Crippen LogP contribution in [0.3, 0.4) is 0 Å². The summed E-state index contributed by atoms with van der Waals surface area (Å²) >= 11 is 0. The Kier molecular flexibility index (Phi) is 7.80. The molecular weight excluding hydrogens is 426 g/mol. The lowest BCUT2D eigenvalue weighted by molar-refractivity contribution is -0.138. The standard InChI is InChI=1S/C28H31N3O3/c1-6-11-25(32)31(20-21-14-16-22(34-5)17-15-21)26(27(33)29-28(2,3)4)23-12-7-8-13-24(23)30-18-9-10-19-30/h7-10,12-19,26H,20H2,1-5H3,(H,29,33). The number of nitrogens with one attached hydrogen (secondary N) is 1. The molecule has 1 heterocycles. The second-order valence-electron chi connectivity index (χ2n) is 8.95. The van der Waals surface area contributed by atoms with E-state index in [-0.39, 0.29) is 12.5 Å². The van der Waals surface area contributed by atoms with Crippen LogP contribution in [0.1, 0.15) is 44.9 Å². The molecular formula is C28H31N3O3. The molecule has 0 saturated heterocycles. The number of aromatic nitrogens is 1. The summed E-state index contributed by atoms with van der Waals surface area (Å²) in [6.07, 6.45) is 3.83. The lowest BCUT2D eigenvalue weighted by atomic mass is 9.98. The molecule has 3 rings (SSSR count). The highest BCUT2D eigenvalue weighted by Crippen LogP contribution is 2.30. The van der Waals surface area contributed by atoms with E-state index in [0.717, 1.165) is 17.0 Å². The zero-order valence-electron chi connectivity index (χ0n) is 20.3. The number of carbonyl (C=O) groups is 2. The van der Waals surface area contributed by atoms with Crippen molar-refractivity contribution in [3.05, 3.63) is 84.2 Å². The number of nitrogens with zero attached hydrogens (tertiary/aromatic N) is 2. The smallest absolute Gasteiger partial charge is 0.299 e. The Morgan fingerprint density at radius 1 is 1.03 bits per heavy atom. The number of amides is 2. The van der Waals surface area contributed by atoms with Crippen LogP contribution in [0.5, 0.6) is 5.75 Å². The van der Waals surface area contributed by atoms with Gasteiger partial charge in [0.25, 0.3) is 5.91 Å². The van der Waals surface area contributed by atoms with Crippen LogP contribution in [0.4, 0.5) is 0 Å². The van der Waals surface area contributed by atoms with E-state index in [9.17, 15) is 9.59 Å². The molecule has 0 spiro atoms. The Labute approximate surface area is 201 Å². The number of rotatable bonds is 7. The van der Waals surface area contributed by atoms with Crippen molar-refractivity contribution in [2.45, 2.75) is 45.8 Å². The van der Waals surface area contributed by atoms with Gasteiger partial charge in [0.2, 0.25) is 5.91 Å². The van der Waals surface area contributed by atoms with Crippen molar-refractivity contribution in [2.75, 3.05) is 7.11 Å². The molecule has 0 radical (unpaired) electrons. The first-order chi connectivity index (χ1) is 16.2. The van der Waals surface area contributed by atoms with Crippen molar-refractivity contribution in [2.24, 2.45) is 0 Å². The van der Waals surface area contributed by atoms with Gasteiger partial charge in [-0.1, -0.05) is 36.3 Å². The molecule has 6 nitrogen and oxygen atoms in total. The molecule has 0 aliphatic carbocycles. The van der Waals surface area contributed by atoms with Gasteiger partial charge in [-0.25, -0.2) is 0 Å². The normalized spacial score (nSPS) is 11.7. The number of benzene rings is 2. The van der Waals surface area contributed by atoms with E-state index in [1.165, 1.54) is 4.90 Å². The number of carbonyl (C=O) groups excluding carboxylic acids is 2. The predicted molar refractivity (Wildman–Crippen MR) is 133 cm³/mol. The molecule has 0 saturated carbocycles. The van der Waals surface area contributed by atoms with E-state index in [1.807, 2.05) is 98.4 Å². The fraction of sp³-hybridized carbons (Fsp3) is 0.286. The van der Waals surface area contributed by atoms with Crippen LogP contribution in [0.15, 0.2) is 73.1 Å². The second kappa shape index (κ2) is 10.8. The molecule has 2 amide bonds. The minimum absolute atomic E-state index is 0.208. The Morgan fingerprint density at radius 2 is 1.68 bits per heavy atom. The third-order valence-corrected chi connectivity index (χ3v) is 5.18. The zero-order chi connectivity index (χ0) is 24.7. The van der Waals surface area contributed by atoms with Gasteiger partial charge in [0.05, 0.1) is 12.8 Å². The fourth-order valence-corrected chi connectivity index (χ4v) is 3.72. The summed E-state index contributed by atoms with van der Waals surface area (Å²) in [4.78, 5) is 28.6. The van der Waals surface area contributed by atoms with E-state index in [0.29, 0.717) is 5.56 Å². The van der Waals surface area contributed by atoms with Crippen molar-refractivity contribution in [3.8, 4) is 23.3 Å². The van der Waals surface area contributed by atoms with Crippen LogP contribution in [0.2, 0.25) is 0 Å². The van der Waals surface area contributed by atoms with E-state index in [1.54, 1.807) is 14.0 Å². The van der Waals surface area contributed by atoms with Crippen LogP contribution in [-0.4, -0.2) is 33.9 Å². The van der Waals surface area contributed by atoms with Gasteiger partial charge in [0.15, 0.2) is 0 Å². The average Bonchev–Trinajstić information content (AvgIpc) is 3.33. The molecule has 0 aliphatic heterocycles. The predicted octanol–water partition coefficient (Wildman–Crippen LogP) is 4.49. The third kappa shape index (κ3) is 6.08. The molecule has 6 heteroatoms. The lowest BCUT2D eigenvalue weighted by Crippen LogP contribution is -2.49. The summed E-state index contributed by atoms with van der Waals surface area (Å²) in [6.45, 7) is 7.57. The summed E-state index contributed by atoms with van der Waals surface area (Å²) in [6, 6.07) is 18.0. The molecule has 2 aromatic carbocycles. The van der Waals surface area contributed by atoms with Gasteiger partial charge in [-0.15, -0.1) is 0 Å². The minimum Gasteiger partial charge on any atom is -0.497 e. The Bertz CT molecular complexity index is 1180. The lowest BCUT2D eigenvalue weighted by Gasteiger charge is -2.33. The first-order valence-corrected chi connectivity index (χ1v) is 11.1. The van der Waals surface area contributed by atoms with Gasteiger partial charge < -0.3 is 19.5 Å². The largest absolute Gasteiger partial charge is 0.497 e. The van der Waals surface area contributed by atoms with E-state index in [2.05, 4.69) is 17.2 Å². The van der Waals surface area contributed by atoms with E-state index >= 15 is 0 Å². The summed E-state index contributed by atoms with van der Waals surface area (Å²) in [5.74, 6) is 5.35. The summed E-state index contributed by atoms with van der Waals surface area (Å²) < 4.78 is 7.20. The molecule has 1 unspecified atom stereocenters. The topological polar surface area (TPSA) is 63.6 Å². The molecule has 34 heavy (non-hydrogen) atoms. The number of hydrogen-bond acceptors (Lipinski definition) is 3. The fourth-order valence-electron chi connectivity index (χ4n) is 3.72. The van der Waals surface area contributed by atoms with Crippen LogP contribution in [0, 0.1) is 11.8 Å². The quantitative estimate of drug-likeness (QED) is 0.532. The second-order valence-corrected chi connectivity index (χ2v) is 8.95. The van der Waals surface area contributed by atoms with Crippen LogP contribution < -0.4 is 10.1 Å². The zero-order valence-corrected chi connectivity index (χ0v) is 20.3. The highest BCUT2D eigenvalue weighted by molar-refractivity contribution is 5.97. The molecule has 1 atom stereocenters. The van der Waals surface area contributed by atoms with E-state index < -0.39 is 17.5 Å². The maximum absolute atomic E-state index is 13.7.